The Morgan fingerprint density at radius 1 is 1.25 bits per heavy atom. The van der Waals surface area contributed by atoms with E-state index in [-0.39, 0.29) is 0 Å². The summed E-state index contributed by atoms with van der Waals surface area (Å²) in [4.78, 5) is 0. The molecule has 1 aliphatic carbocycles. The maximum atomic E-state index is 10.5. The van der Waals surface area contributed by atoms with Crippen molar-refractivity contribution in [1.82, 2.24) is 5.32 Å². The Labute approximate surface area is 121 Å². The second-order valence-corrected chi connectivity index (χ2v) is 5.55. The first-order valence-electron chi connectivity index (χ1n) is 7.34. The zero-order chi connectivity index (χ0) is 14.4. The highest BCUT2D eigenvalue weighted by Gasteiger charge is 2.30. The standard InChI is InChI=1S/C16H25NO3/c1-17-11-13-7-6-8-14(19-2)15(13)20-12-16(18)9-4-3-5-10-16/h6-8,17-18H,3-5,9-12H2,1-2H3. The van der Waals surface area contributed by atoms with Crippen LogP contribution in [0.5, 0.6) is 11.5 Å². The second kappa shape index (κ2) is 6.95. The van der Waals surface area contributed by atoms with Gasteiger partial charge in [-0.3, -0.25) is 0 Å². The Bertz CT molecular complexity index is 428. The van der Waals surface area contributed by atoms with Crippen LogP contribution in [-0.2, 0) is 6.54 Å². The number of benzene rings is 1. The third-order valence-electron chi connectivity index (χ3n) is 3.92. The maximum Gasteiger partial charge on any atom is 0.165 e. The number of aliphatic hydroxyl groups is 1. The van der Waals surface area contributed by atoms with Gasteiger partial charge in [0.25, 0.3) is 0 Å². The number of nitrogens with one attached hydrogen (secondary N) is 1. The van der Waals surface area contributed by atoms with E-state index in [1.165, 1.54) is 6.42 Å². The van der Waals surface area contributed by atoms with Crippen molar-refractivity contribution < 1.29 is 14.6 Å². The van der Waals surface area contributed by atoms with Gasteiger partial charge in [0.1, 0.15) is 6.61 Å². The van der Waals surface area contributed by atoms with E-state index >= 15 is 0 Å². The minimum Gasteiger partial charge on any atom is -0.493 e. The molecule has 4 heteroatoms. The summed E-state index contributed by atoms with van der Waals surface area (Å²) in [6.45, 7) is 1.05. The monoisotopic (exact) mass is 279 g/mol. The molecule has 0 saturated heterocycles. The highest BCUT2D eigenvalue weighted by molar-refractivity contribution is 5.46. The Balaban J connectivity index is 2.10. The van der Waals surface area contributed by atoms with Gasteiger partial charge in [-0.15, -0.1) is 0 Å². The molecule has 2 rings (SSSR count). The summed E-state index contributed by atoms with van der Waals surface area (Å²) in [5, 5.41) is 13.7. The molecule has 0 aliphatic heterocycles. The maximum absolute atomic E-state index is 10.5. The van der Waals surface area contributed by atoms with Crippen molar-refractivity contribution in [1.29, 1.82) is 0 Å². The molecule has 112 valence electrons. The molecule has 1 aliphatic rings. The van der Waals surface area contributed by atoms with E-state index in [0.29, 0.717) is 13.2 Å². The number of ether oxygens (including phenoxy) is 2. The van der Waals surface area contributed by atoms with Gasteiger partial charge in [-0.05, 0) is 26.0 Å². The lowest BCUT2D eigenvalue weighted by Gasteiger charge is -2.32. The summed E-state index contributed by atoms with van der Waals surface area (Å²) >= 11 is 0. The van der Waals surface area contributed by atoms with Crippen LogP contribution < -0.4 is 14.8 Å². The highest BCUT2D eigenvalue weighted by Crippen LogP contribution is 2.34. The molecule has 0 aromatic heterocycles. The molecule has 1 saturated carbocycles. The van der Waals surface area contributed by atoms with Crippen LogP contribution in [-0.4, -0.2) is 31.5 Å². The topological polar surface area (TPSA) is 50.7 Å². The molecule has 0 amide bonds. The van der Waals surface area contributed by atoms with Crippen LogP contribution in [0.1, 0.15) is 37.7 Å². The zero-order valence-electron chi connectivity index (χ0n) is 12.4. The molecule has 0 spiro atoms. The van der Waals surface area contributed by atoms with Crippen molar-refractivity contribution >= 4 is 0 Å². The molecule has 1 aromatic carbocycles. The average Bonchev–Trinajstić information content (AvgIpc) is 2.47. The lowest BCUT2D eigenvalue weighted by molar-refractivity contribution is -0.0345. The van der Waals surface area contributed by atoms with E-state index in [2.05, 4.69) is 5.32 Å². The van der Waals surface area contributed by atoms with Gasteiger partial charge in [-0.2, -0.15) is 0 Å². The van der Waals surface area contributed by atoms with Crippen LogP contribution in [0.15, 0.2) is 18.2 Å². The summed E-state index contributed by atoms with van der Waals surface area (Å²) in [7, 11) is 3.54. The molecule has 2 N–H and O–H groups in total. The average molecular weight is 279 g/mol. The van der Waals surface area contributed by atoms with Crippen molar-refractivity contribution in [3.8, 4) is 11.5 Å². The van der Waals surface area contributed by atoms with Gasteiger partial charge in [0.15, 0.2) is 11.5 Å². The van der Waals surface area contributed by atoms with E-state index in [0.717, 1.165) is 42.7 Å². The predicted octanol–water partition coefficient (Wildman–Crippen LogP) is 2.49. The van der Waals surface area contributed by atoms with E-state index in [9.17, 15) is 5.11 Å². The fourth-order valence-corrected chi connectivity index (χ4v) is 2.78. The summed E-state index contributed by atoms with van der Waals surface area (Å²) < 4.78 is 11.3. The van der Waals surface area contributed by atoms with Crippen molar-refractivity contribution in [3.05, 3.63) is 23.8 Å². The summed E-state index contributed by atoms with van der Waals surface area (Å²) in [6, 6.07) is 5.85. The fraction of sp³-hybridized carbons (Fsp3) is 0.625. The first-order valence-corrected chi connectivity index (χ1v) is 7.34. The number of rotatable bonds is 6. The van der Waals surface area contributed by atoms with Crippen LogP contribution in [0.3, 0.4) is 0 Å². The van der Waals surface area contributed by atoms with Gasteiger partial charge in [-0.1, -0.05) is 31.4 Å². The van der Waals surface area contributed by atoms with Gasteiger partial charge in [0.05, 0.1) is 12.7 Å². The van der Waals surface area contributed by atoms with Crippen molar-refractivity contribution in [2.45, 2.75) is 44.2 Å². The van der Waals surface area contributed by atoms with Gasteiger partial charge >= 0.3 is 0 Å². The molecule has 0 unspecified atom stereocenters. The second-order valence-electron chi connectivity index (χ2n) is 5.55. The lowest BCUT2D eigenvalue weighted by atomic mass is 9.85. The number of hydrogen-bond acceptors (Lipinski definition) is 4. The molecule has 0 heterocycles. The quantitative estimate of drug-likeness (QED) is 0.840. The van der Waals surface area contributed by atoms with Crippen LogP contribution in [0, 0.1) is 0 Å². The molecule has 20 heavy (non-hydrogen) atoms. The third-order valence-corrected chi connectivity index (χ3v) is 3.92. The molecular weight excluding hydrogens is 254 g/mol. The molecule has 1 fully saturated rings. The van der Waals surface area contributed by atoms with Gasteiger partial charge in [0, 0.05) is 12.1 Å². The smallest absolute Gasteiger partial charge is 0.165 e. The molecule has 4 nitrogen and oxygen atoms in total. The molecule has 0 bridgehead atoms. The lowest BCUT2D eigenvalue weighted by Crippen LogP contribution is -2.38. The number of para-hydroxylation sites is 1. The Hall–Kier alpha value is -1.26. The molecule has 1 aromatic rings. The molecule has 0 atom stereocenters. The normalized spacial score (nSPS) is 17.8. The van der Waals surface area contributed by atoms with Crippen molar-refractivity contribution in [3.63, 3.8) is 0 Å². The first-order chi connectivity index (χ1) is 9.68. The van der Waals surface area contributed by atoms with Crippen LogP contribution in [0.25, 0.3) is 0 Å². The summed E-state index contributed by atoms with van der Waals surface area (Å²) in [5.74, 6) is 1.46. The minimum atomic E-state index is -0.685. The van der Waals surface area contributed by atoms with Crippen molar-refractivity contribution in [2.75, 3.05) is 20.8 Å². The first kappa shape index (κ1) is 15.1. The van der Waals surface area contributed by atoms with Gasteiger partial charge in [0.2, 0.25) is 0 Å². The Morgan fingerprint density at radius 3 is 2.65 bits per heavy atom. The Morgan fingerprint density at radius 2 is 2.00 bits per heavy atom. The number of hydrogen-bond donors (Lipinski definition) is 2. The Kier molecular flexibility index (Phi) is 5.26. The van der Waals surface area contributed by atoms with Gasteiger partial charge < -0.3 is 19.9 Å². The minimum absolute atomic E-state index is 0.337. The fourth-order valence-electron chi connectivity index (χ4n) is 2.78. The van der Waals surface area contributed by atoms with Gasteiger partial charge in [-0.25, -0.2) is 0 Å². The summed E-state index contributed by atoms with van der Waals surface area (Å²) in [6.07, 6.45) is 5.01. The van der Waals surface area contributed by atoms with E-state index in [4.69, 9.17) is 9.47 Å². The van der Waals surface area contributed by atoms with E-state index < -0.39 is 5.60 Å². The highest BCUT2D eigenvalue weighted by atomic mass is 16.5. The SMILES string of the molecule is CNCc1cccc(OC)c1OCC1(O)CCCCC1. The third kappa shape index (κ3) is 3.64. The van der Waals surface area contributed by atoms with Crippen LogP contribution in [0.2, 0.25) is 0 Å². The summed E-state index contributed by atoms with van der Waals surface area (Å²) in [5.41, 5.74) is 0.363. The zero-order valence-corrected chi connectivity index (χ0v) is 12.4. The molecular formula is C16H25NO3. The molecule has 0 radical (unpaired) electrons. The van der Waals surface area contributed by atoms with E-state index in [1.54, 1.807) is 7.11 Å². The number of methoxy groups -OCH3 is 1. The van der Waals surface area contributed by atoms with E-state index in [1.807, 2.05) is 25.2 Å². The van der Waals surface area contributed by atoms with Crippen LogP contribution in [0.4, 0.5) is 0 Å². The van der Waals surface area contributed by atoms with Crippen molar-refractivity contribution in [2.24, 2.45) is 0 Å². The largest absolute Gasteiger partial charge is 0.493 e. The predicted molar refractivity (Wildman–Crippen MR) is 79.3 cm³/mol. The van der Waals surface area contributed by atoms with Crippen LogP contribution >= 0.6 is 0 Å².